The molecule has 1 aromatic carbocycles. The number of ether oxygens (including phenoxy) is 1. The van der Waals surface area contributed by atoms with E-state index in [4.69, 9.17) is 4.74 Å². The molecule has 0 saturated carbocycles. The van der Waals surface area contributed by atoms with Crippen LogP contribution in [0.3, 0.4) is 0 Å². The number of nitrogens with one attached hydrogen (secondary N) is 1. The third-order valence-corrected chi connectivity index (χ3v) is 2.76. The molecule has 0 unspecified atom stereocenters. The molecular weight excluding hydrogens is 298 g/mol. The molecule has 0 spiro atoms. The van der Waals surface area contributed by atoms with E-state index < -0.39 is 6.09 Å². The molecule has 6 heteroatoms. The Morgan fingerprint density at radius 2 is 1.94 bits per heavy atom. The molecular formula is C12H10BrN3O2. The molecule has 0 saturated heterocycles. The summed E-state index contributed by atoms with van der Waals surface area (Å²) in [5.41, 5.74) is 1.45. The second-order valence-corrected chi connectivity index (χ2v) is 4.29. The summed E-state index contributed by atoms with van der Waals surface area (Å²) < 4.78 is 5.72. The van der Waals surface area contributed by atoms with Crippen LogP contribution in [0.2, 0.25) is 0 Å². The minimum absolute atomic E-state index is 0.225. The highest BCUT2D eigenvalue weighted by Crippen LogP contribution is 2.19. The number of nitrogens with zero attached hydrogens (tertiary/aromatic N) is 2. The first-order valence-corrected chi connectivity index (χ1v) is 5.99. The first kappa shape index (κ1) is 12.5. The van der Waals surface area contributed by atoms with Crippen molar-refractivity contribution in [3.05, 3.63) is 52.8 Å². The van der Waals surface area contributed by atoms with Gasteiger partial charge in [0.15, 0.2) is 0 Å². The van der Waals surface area contributed by atoms with Crippen molar-refractivity contribution < 1.29 is 9.53 Å². The normalized spacial score (nSPS) is 9.83. The number of benzene rings is 1. The molecule has 5 nitrogen and oxygen atoms in total. The van der Waals surface area contributed by atoms with Crippen LogP contribution >= 0.6 is 15.9 Å². The van der Waals surface area contributed by atoms with Gasteiger partial charge < -0.3 is 4.74 Å². The lowest BCUT2D eigenvalue weighted by Crippen LogP contribution is -2.14. The van der Waals surface area contributed by atoms with E-state index in [1.54, 1.807) is 0 Å². The van der Waals surface area contributed by atoms with Gasteiger partial charge in [0.2, 0.25) is 0 Å². The Labute approximate surface area is 112 Å². The summed E-state index contributed by atoms with van der Waals surface area (Å²) in [6.07, 6.45) is 2.40. The fraction of sp³-hybridized carbons (Fsp3) is 0.0833. The number of halogens is 1. The Morgan fingerprint density at radius 1 is 1.22 bits per heavy atom. The molecule has 18 heavy (non-hydrogen) atoms. The summed E-state index contributed by atoms with van der Waals surface area (Å²) in [7, 11) is 0. The molecule has 1 N–H and O–H groups in total. The molecule has 0 bridgehead atoms. The van der Waals surface area contributed by atoms with Gasteiger partial charge in [-0.15, -0.1) is 0 Å². The van der Waals surface area contributed by atoms with Crippen molar-refractivity contribution in [2.45, 2.75) is 6.61 Å². The topological polar surface area (TPSA) is 64.1 Å². The lowest BCUT2D eigenvalue weighted by Gasteiger charge is -2.07. The number of anilines is 1. The quantitative estimate of drug-likeness (QED) is 0.946. The van der Waals surface area contributed by atoms with Gasteiger partial charge in [-0.1, -0.05) is 30.3 Å². The monoisotopic (exact) mass is 307 g/mol. The van der Waals surface area contributed by atoms with Crippen molar-refractivity contribution in [3.63, 3.8) is 0 Å². The van der Waals surface area contributed by atoms with Crippen molar-refractivity contribution in [2.24, 2.45) is 0 Å². The minimum atomic E-state index is -0.535. The Hall–Kier alpha value is -1.95. The standard InChI is InChI=1S/C12H10BrN3O2/c13-10-6-14-15-7-11(10)16-12(17)18-8-9-4-2-1-3-5-9/h1-7H,8H2,(H,14,16,17). The number of carbonyl (C=O) groups is 1. The number of amides is 1. The molecule has 1 heterocycles. The lowest BCUT2D eigenvalue weighted by atomic mass is 10.2. The van der Waals surface area contributed by atoms with Gasteiger partial charge in [0.05, 0.1) is 22.6 Å². The van der Waals surface area contributed by atoms with E-state index in [1.165, 1.54) is 12.4 Å². The lowest BCUT2D eigenvalue weighted by molar-refractivity contribution is 0.155. The Morgan fingerprint density at radius 3 is 2.67 bits per heavy atom. The van der Waals surface area contributed by atoms with Crippen molar-refractivity contribution in [1.29, 1.82) is 0 Å². The highest BCUT2D eigenvalue weighted by Gasteiger charge is 2.06. The average Bonchev–Trinajstić information content (AvgIpc) is 2.40. The predicted molar refractivity (Wildman–Crippen MR) is 70.0 cm³/mol. The molecule has 2 rings (SSSR count). The van der Waals surface area contributed by atoms with E-state index in [2.05, 4.69) is 31.4 Å². The van der Waals surface area contributed by atoms with E-state index in [9.17, 15) is 4.79 Å². The fourth-order valence-electron chi connectivity index (χ4n) is 1.27. The van der Waals surface area contributed by atoms with Crippen LogP contribution in [0.15, 0.2) is 47.2 Å². The third-order valence-electron chi connectivity index (χ3n) is 2.13. The molecule has 0 radical (unpaired) electrons. The smallest absolute Gasteiger partial charge is 0.412 e. The number of rotatable bonds is 3. The number of carbonyl (C=O) groups excluding carboxylic acids is 1. The molecule has 0 aliphatic rings. The van der Waals surface area contributed by atoms with Crippen LogP contribution < -0.4 is 5.32 Å². The highest BCUT2D eigenvalue weighted by atomic mass is 79.9. The third kappa shape index (κ3) is 3.53. The largest absolute Gasteiger partial charge is 0.444 e. The van der Waals surface area contributed by atoms with Crippen molar-refractivity contribution in [1.82, 2.24) is 10.2 Å². The van der Waals surface area contributed by atoms with E-state index in [0.29, 0.717) is 10.2 Å². The highest BCUT2D eigenvalue weighted by molar-refractivity contribution is 9.10. The van der Waals surface area contributed by atoms with E-state index in [-0.39, 0.29) is 6.61 Å². The predicted octanol–water partition coefficient (Wildman–Crippen LogP) is 2.99. The molecule has 1 amide bonds. The van der Waals surface area contributed by atoms with E-state index in [0.717, 1.165) is 5.56 Å². The van der Waals surface area contributed by atoms with Crippen molar-refractivity contribution in [3.8, 4) is 0 Å². The maximum atomic E-state index is 11.5. The number of aromatic nitrogens is 2. The van der Waals surface area contributed by atoms with Crippen LogP contribution in [-0.2, 0) is 11.3 Å². The van der Waals surface area contributed by atoms with Crippen LogP contribution in [0, 0.1) is 0 Å². The Bertz CT molecular complexity index is 534. The minimum Gasteiger partial charge on any atom is -0.444 e. The Kier molecular flexibility index (Phi) is 4.25. The van der Waals surface area contributed by atoms with Gasteiger partial charge in [0, 0.05) is 0 Å². The van der Waals surface area contributed by atoms with Gasteiger partial charge in [0.25, 0.3) is 0 Å². The maximum absolute atomic E-state index is 11.5. The first-order valence-electron chi connectivity index (χ1n) is 5.19. The zero-order valence-electron chi connectivity index (χ0n) is 9.34. The summed E-state index contributed by atoms with van der Waals surface area (Å²) in [4.78, 5) is 11.5. The zero-order chi connectivity index (χ0) is 12.8. The van der Waals surface area contributed by atoms with Crippen LogP contribution in [0.1, 0.15) is 5.56 Å². The fourth-order valence-corrected chi connectivity index (χ4v) is 1.56. The Balaban J connectivity index is 1.88. The molecule has 2 aromatic rings. The summed E-state index contributed by atoms with van der Waals surface area (Å²) in [6, 6.07) is 9.46. The van der Waals surface area contributed by atoms with Crippen molar-refractivity contribution in [2.75, 3.05) is 5.32 Å². The molecule has 0 aliphatic heterocycles. The average molecular weight is 308 g/mol. The van der Waals surface area contributed by atoms with Crippen LogP contribution in [0.25, 0.3) is 0 Å². The molecule has 0 fully saturated rings. The summed E-state index contributed by atoms with van der Waals surface area (Å²) in [6.45, 7) is 0.225. The number of hydrogen-bond donors (Lipinski definition) is 1. The molecule has 92 valence electrons. The molecule has 0 atom stereocenters. The second kappa shape index (κ2) is 6.11. The van der Waals surface area contributed by atoms with Crippen LogP contribution in [0.4, 0.5) is 10.5 Å². The summed E-state index contributed by atoms with van der Waals surface area (Å²) >= 11 is 3.25. The van der Waals surface area contributed by atoms with Gasteiger partial charge in [-0.05, 0) is 21.5 Å². The molecule has 0 aliphatic carbocycles. The van der Waals surface area contributed by atoms with Gasteiger partial charge >= 0.3 is 6.09 Å². The SMILES string of the molecule is O=C(Nc1cnncc1Br)OCc1ccccc1. The van der Waals surface area contributed by atoms with Gasteiger partial charge in [-0.2, -0.15) is 10.2 Å². The number of hydrogen-bond acceptors (Lipinski definition) is 4. The first-order chi connectivity index (χ1) is 8.75. The van der Waals surface area contributed by atoms with Gasteiger partial charge in [-0.3, -0.25) is 5.32 Å². The van der Waals surface area contributed by atoms with E-state index in [1.807, 2.05) is 30.3 Å². The summed E-state index contributed by atoms with van der Waals surface area (Å²) in [5, 5.41) is 9.89. The summed E-state index contributed by atoms with van der Waals surface area (Å²) in [5.74, 6) is 0. The van der Waals surface area contributed by atoms with E-state index >= 15 is 0 Å². The van der Waals surface area contributed by atoms with Gasteiger partial charge in [0.1, 0.15) is 6.61 Å². The van der Waals surface area contributed by atoms with Crippen LogP contribution in [0.5, 0.6) is 0 Å². The molecule has 1 aromatic heterocycles. The zero-order valence-corrected chi connectivity index (χ0v) is 10.9. The van der Waals surface area contributed by atoms with Gasteiger partial charge in [-0.25, -0.2) is 4.79 Å². The maximum Gasteiger partial charge on any atom is 0.412 e. The second-order valence-electron chi connectivity index (χ2n) is 3.44. The van der Waals surface area contributed by atoms with Crippen molar-refractivity contribution >= 4 is 27.7 Å². The van der Waals surface area contributed by atoms with Crippen LogP contribution in [-0.4, -0.2) is 16.3 Å².